The van der Waals surface area contributed by atoms with Gasteiger partial charge in [-0.25, -0.2) is 9.97 Å². The van der Waals surface area contributed by atoms with E-state index in [0.29, 0.717) is 5.82 Å². The molecule has 4 nitrogen and oxygen atoms in total. The van der Waals surface area contributed by atoms with Crippen molar-refractivity contribution >= 4 is 38.3 Å². The molecular formula is C15H9BrN4. The van der Waals surface area contributed by atoms with Gasteiger partial charge in [-0.2, -0.15) is 5.26 Å². The van der Waals surface area contributed by atoms with Gasteiger partial charge in [0, 0.05) is 15.5 Å². The first-order valence-corrected chi connectivity index (χ1v) is 6.75. The quantitative estimate of drug-likeness (QED) is 0.773. The van der Waals surface area contributed by atoms with Crippen molar-refractivity contribution in [3.8, 4) is 6.07 Å². The summed E-state index contributed by atoms with van der Waals surface area (Å²) in [5.41, 5.74) is 1.65. The molecular weight excluding hydrogens is 316 g/mol. The van der Waals surface area contributed by atoms with E-state index in [-0.39, 0.29) is 5.82 Å². The Morgan fingerprint density at radius 3 is 2.50 bits per heavy atom. The van der Waals surface area contributed by atoms with Crippen LogP contribution >= 0.6 is 15.9 Å². The van der Waals surface area contributed by atoms with Gasteiger partial charge in [0.15, 0.2) is 0 Å². The fourth-order valence-electron chi connectivity index (χ4n) is 1.89. The second kappa shape index (κ2) is 5.27. The van der Waals surface area contributed by atoms with Crippen molar-refractivity contribution in [1.29, 1.82) is 5.26 Å². The zero-order valence-corrected chi connectivity index (χ0v) is 11.9. The van der Waals surface area contributed by atoms with Crippen molar-refractivity contribution in [3.63, 3.8) is 0 Å². The topological polar surface area (TPSA) is 61.6 Å². The van der Waals surface area contributed by atoms with Gasteiger partial charge in [-0.05, 0) is 36.4 Å². The first-order valence-electron chi connectivity index (χ1n) is 5.96. The van der Waals surface area contributed by atoms with Crippen LogP contribution in [0, 0.1) is 11.3 Å². The van der Waals surface area contributed by atoms with Crippen LogP contribution in [-0.2, 0) is 0 Å². The van der Waals surface area contributed by atoms with Gasteiger partial charge in [0.1, 0.15) is 11.9 Å². The lowest BCUT2D eigenvalue weighted by Gasteiger charge is -2.09. The van der Waals surface area contributed by atoms with Crippen molar-refractivity contribution in [3.05, 3.63) is 58.8 Å². The number of aromatic nitrogens is 2. The number of rotatable bonds is 2. The van der Waals surface area contributed by atoms with Gasteiger partial charge >= 0.3 is 0 Å². The van der Waals surface area contributed by atoms with Crippen LogP contribution in [0.2, 0.25) is 0 Å². The molecule has 3 rings (SSSR count). The van der Waals surface area contributed by atoms with E-state index in [1.807, 2.05) is 54.6 Å². The molecule has 0 fully saturated rings. The van der Waals surface area contributed by atoms with Crippen molar-refractivity contribution in [2.45, 2.75) is 0 Å². The molecule has 0 bridgehead atoms. The number of para-hydroxylation sites is 1. The molecule has 0 aliphatic carbocycles. The molecule has 0 amide bonds. The van der Waals surface area contributed by atoms with Crippen LogP contribution in [0.4, 0.5) is 11.5 Å². The summed E-state index contributed by atoms with van der Waals surface area (Å²) in [6.45, 7) is 0. The van der Waals surface area contributed by atoms with Gasteiger partial charge in [-0.15, -0.1) is 0 Å². The maximum Gasteiger partial charge on any atom is 0.234 e. The van der Waals surface area contributed by atoms with Crippen LogP contribution in [0.1, 0.15) is 5.82 Å². The highest BCUT2D eigenvalue weighted by atomic mass is 79.9. The Kier molecular flexibility index (Phi) is 3.32. The second-order valence-electron chi connectivity index (χ2n) is 4.16. The molecule has 0 saturated heterocycles. The van der Waals surface area contributed by atoms with Crippen LogP contribution in [0.5, 0.6) is 0 Å². The molecule has 0 radical (unpaired) electrons. The third-order valence-electron chi connectivity index (χ3n) is 2.81. The Hall–Kier alpha value is -2.45. The predicted octanol–water partition coefficient (Wildman–Crippen LogP) is 4.01. The monoisotopic (exact) mass is 324 g/mol. The van der Waals surface area contributed by atoms with Crippen molar-refractivity contribution in [2.75, 3.05) is 5.32 Å². The summed E-state index contributed by atoms with van der Waals surface area (Å²) in [6.07, 6.45) is 0. The van der Waals surface area contributed by atoms with Crippen molar-refractivity contribution < 1.29 is 0 Å². The first-order chi connectivity index (χ1) is 9.76. The summed E-state index contributed by atoms with van der Waals surface area (Å²) in [5, 5.41) is 13.1. The van der Waals surface area contributed by atoms with Crippen LogP contribution in [0.25, 0.3) is 10.9 Å². The number of nitrogens with zero attached hydrogens (tertiary/aromatic N) is 3. The van der Waals surface area contributed by atoms with E-state index >= 15 is 0 Å². The van der Waals surface area contributed by atoms with Gasteiger partial charge in [0.25, 0.3) is 0 Å². The molecule has 0 aliphatic rings. The molecule has 3 aromatic rings. The summed E-state index contributed by atoms with van der Waals surface area (Å²) >= 11 is 3.40. The molecule has 96 valence electrons. The third kappa shape index (κ3) is 2.46. The standard InChI is InChI=1S/C15H9BrN4/c16-10-5-7-11(8-6-10)18-15-12-3-1-2-4-13(12)19-14(9-17)20-15/h1-8H,(H,18,19,20). The Morgan fingerprint density at radius 1 is 1.00 bits per heavy atom. The summed E-state index contributed by atoms with van der Waals surface area (Å²) in [7, 11) is 0. The normalized spacial score (nSPS) is 10.2. The minimum Gasteiger partial charge on any atom is -0.340 e. The fraction of sp³-hybridized carbons (Fsp3) is 0. The molecule has 20 heavy (non-hydrogen) atoms. The van der Waals surface area contributed by atoms with Gasteiger partial charge < -0.3 is 5.32 Å². The minimum absolute atomic E-state index is 0.156. The van der Waals surface area contributed by atoms with E-state index in [0.717, 1.165) is 21.1 Å². The highest BCUT2D eigenvalue weighted by Gasteiger charge is 2.07. The molecule has 0 spiro atoms. The molecule has 0 saturated carbocycles. The van der Waals surface area contributed by atoms with E-state index in [1.54, 1.807) is 0 Å². The Morgan fingerprint density at radius 2 is 1.75 bits per heavy atom. The summed E-state index contributed by atoms with van der Waals surface area (Å²) in [6, 6.07) is 17.3. The second-order valence-corrected chi connectivity index (χ2v) is 5.07. The lowest BCUT2D eigenvalue weighted by molar-refractivity contribution is 1.16. The van der Waals surface area contributed by atoms with Crippen LogP contribution < -0.4 is 5.32 Å². The number of nitrogens with one attached hydrogen (secondary N) is 1. The maximum atomic E-state index is 9.02. The average Bonchev–Trinajstić information content (AvgIpc) is 2.49. The van der Waals surface area contributed by atoms with Crippen LogP contribution in [0.15, 0.2) is 53.0 Å². The smallest absolute Gasteiger partial charge is 0.234 e. The zero-order valence-electron chi connectivity index (χ0n) is 10.3. The van der Waals surface area contributed by atoms with E-state index < -0.39 is 0 Å². The third-order valence-corrected chi connectivity index (χ3v) is 3.34. The number of hydrogen-bond donors (Lipinski definition) is 1. The molecule has 0 atom stereocenters. The van der Waals surface area contributed by atoms with Gasteiger partial charge in [0.05, 0.1) is 5.52 Å². The van der Waals surface area contributed by atoms with Crippen molar-refractivity contribution in [2.24, 2.45) is 0 Å². The van der Waals surface area contributed by atoms with Crippen LogP contribution in [0.3, 0.4) is 0 Å². The average molecular weight is 325 g/mol. The van der Waals surface area contributed by atoms with Gasteiger partial charge in [-0.1, -0.05) is 28.1 Å². The number of halogens is 1. The molecule has 1 heterocycles. The number of benzene rings is 2. The van der Waals surface area contributed by atoms with Crippen molar-refractivity contribution in [1.82, 2.24) is 9.97 Å². The molecule has 0 aliphatic heterocycles. The lowest BCUT2D eigenvalue weighted by Crippen LogP contribution is -1.99. The molecule has 1 aromatic heterocycles. The maximum absolute atomic E-state index is 9.02. The van der Waals surface area contributed by atoms with Gasteiger partial charge in [-0.3, -0.25) is 0 Å². The predicted molar refractivity (Wildman–Crippen MR) is 81.7 cm³/mol. The van der Waals surface area contributed by atoms with E-state index in [9.17, 15) is 0 Å². The Balaban J connectivity index is 2.10. The van der Waals surface area contributed by atoms with E-state index in [4.69, 9.17) is 5.26 Å². The van der Waals surface area contributed by atoms with Gasteiger partial charge in [0.2, 0.25) is 5.82 Å². The SMILES string of the molecule is N#Cc1nc(Nc2ccc(Br)cc2)c2ccccc2n1. The summed E-state index contributed by atoms with van der Waals surface area (Å²) < 4.78 is 1.01. The number of fused-ring (bicyclic) bond motifs is 1. The number of anilines is 2. The van der Waals surface area contributed by atoms with E-state index in [1.165, 1.54) is 0 Å². The van der Waals surface area contributed by atoms with E-state index in [2.05, 4.69) is 31.2 Å². The molecule has 1 N–H and O–H groups in total. The zero-order chi connectivity index (χ0) is 13.9. The highest BCUT2D eigenvalue weighted by Crippen LogP contribution is 2.24. The number of hydrogen-bond acceptors (Lipinski definition) is 4. The Labute approximate surface area is 124 Å². The minimum atomic E-state index is 0.156. The number of nitriles is 1. The molecule has 5 heteroatoms. The summed E-state index contributed by atoms with van der Waals surface area (Å²) in [5.74, 6) is 0.790. The molecule has 0 unspecified atom stereocenters. The lowest BCUT2D eigenvalue weighted by atomic mass is 10.2. The Bertz CT molecular complexity index is 806. The fourth-order valence-corrected chi connectivity index (χ4v) is 2.16. The summed E-state index contributed by atoms with van der Waals surface area (Å²) in [4.78, 5) is 8.43. The molecule has 2 aromatic carbocycles. The van der Waals surface area contributed by atoms with Crippen LogP contribution in [-0.4, -0.2) is 9.97 Å². The first kappa shape index (κ1) is 12.6. The largest absolute Gasteiger partial charge is 0.340 e. The highest BCUT2D eigenvalue weighted by molar-refractivity contribution is 9.10.